The molecular weight excluding hydrogens is 997 g/mol. The molecule has 0 saturated carbocycles. The molecule has 0 aliphatic carbocycles. The predicted molar refractivity (Wildman–Crippen MR) is 353 cm³/mol. The summed E-state index contributed by atoms with van der Waals surface area (Å²) in [6.45, 7) is 6.65. The number of ether oxygens (including phenoxy) is 3. The summed E-state index contributed by atoms with van der Waals surface area (Å²) in [6, 6.07) is 0. The number of carbonyl (C=O) groups excluding carboxylic acids is 3. The van der Waals surface area contributed by atoms with Crippen molar-refractivity contribution in [1.29, 1.82) is 0 Å². The van der Waals surface area contributed by atoms with Crippen molar-refractivity contribution in [3.63, 3.8) is 0 Å². The van der Waals surface area contributed by atoms with Gasteiger partial charge in [0.15, 0.2) is 6.10 Å². The largest absolute Gasteiger partial charge is 0.462 e. The number of unbranched alkanes of at least 4 members (excludes halogenated alkanes) is 45. The van der Waals surface area contributed by atoms with Gasteiger partial charge in [0.1, 0.15) is 13.2 Å². The van der Waals surface area contributed by atoms with E-state index in [1.165, 1.54) is 270 Å². The Morgan fingerprint density at radius 1 is 0.247 bits per heavy atom. The van der Waals surface area contributed by atoms with Gasteiger partial charge in [0.2, 0.25) is 0 Å². The van der Waals surface area contributed by atoms with Crippen LogP contribution in [0.5, 0.6) is 0 Å². The Balaban J connectivity index is 4.29. The van der Waals surface area contributed by atoms with Gasteiger partial charge in [0, 0.05) is 19.3 Å². The summed E-state index contributed by atoms with van der Waals surface area (Å²) >= 11 is 0. The number of allylic oxidation sites excluding steroid dienone is 10. The van der Waals surface area contributed by atoms with Crippen LogP contribution in [-0.2, 0) is 28.6 Å². The highest BCUT2D eigenvalue weighted by atomic mass is 16.6. The van der Waals surface area contributed by atoms with Crippen molar-refractivity contribution in [2.24, 2.45) is 0 Å². The van der Waals surface area contributed by atoms with E-state index in [-0.39, 0.29) is 31.1 Å². The molecule has 0 aromatic rings. The van der Waals surface area contributed by atoms with Crippen molar-refractivity contribution in [2.75, 3.05) is 13.2 Å². The Morgan fingerprint density at radius 2 is 0.444 bits per heavy atom. The standard InChI is InChI=1S/C75H136O6/c1-4-7-10-13-16-19-22-25-28-31-33-34-35-36-37-38-39-40-42-44-47-50-53-56-59-62-65-68-74(77)80-71-72(70-79-73(76)67-64-61-58-55-52-49-46-43-30-27-24-21-18-15-12-9-6-3)81-75(78)69-66-63-60-57-54-51-48-45-41-32-29-26-23-20-17-14-11-8-5-2/h17,20,22,25-27,29-31,33,72H,4-16,18-19,21,23-24,28,32,34-71H2,1-3H3/b20-17-,25-22-,29-26-,30-27-,33-31-. The first-order valence-corrected chi connectivity index (χ1v) is 35.8. The second-order valence-electron chi connectivity index (χ2n) is 24.1. The molecule has 0 radical (unpaired) electrons. The monoisotopic (exact) mass is 1130 g/mol. The fraction of sp³-hybridized carbons (Fsp3) is 0.827. The van der Waals surface area contributed by atoms with Crippen molar-refractivity contribution < 1.29 is 28.6 Å². The fourth-order valence-electron chi connectivity index (χ4n) is 10.6. The number of carbonyl (C=O) groups is 3. The van der Waals surface area contributed by atoms with Gasteiger partial charge in [-0.05, 0) is 109 Å². The quantitative estimate of drug-likeness (QED) is 0.0261. The molecule has 0 rings (SSSR count). The summed E-state index contributed by atoms with van der Waals surface area (Å²) in [5, 5.41) is 0. The zero-order valence-electron chi connectivity index (χ0n) is 54.3. The van der Waals surface area contributed by atoms with Gasteiger partial charge in [0.25, 0.3) is 0 Å². The predicted octanol–water partition coefficient (Wildman–Crippen LogP) is 24.7. The lowest BCUT2D eigenvalue weighted by molar-refractivity contribution is -0.167. The molecule has 0 aromatic carbocycles. The number of hydrogen-bond acceptors (Lipinski definition) is 6. The highest BCUT2D eigenvalue weighted by molar-refractivity contribution is 5.71. The molecule has 472 valence electrons. The SMILES string of the molecule is CCCCC/C=C\C/C=C\CCCCCCCCCCCC(=O)OC(COC(=O)CCCCCCCCC/C=C\CCCCCCCC)COC(=O)CCCCCCCCCCCCCCCCC/C=C\C/C=C\CCCCCCC. The zero-order chi connectivity index (χ0) is 58.5. The van der Waals surface area contributed by atoms with Crippen LogP contribution in [0.2, 0.25) is 0 Å². The maximum absolute atomic E-state index is 13.0. The van der Waals surface area contributed by atoms with E-state index in [0.29, 0.717) is 19.3 Å². The lowest BCUT2D eigenvalue weighted by Crippen LogP contribution is -2.30. The van der Waals surface area contributed by atoms with Crippen molar-refractivity contribution in [1.82, 2.24) is 0 Å². The number of rotatable bonds is 66. The van der Waals surface area contributed by atoms with Crippen LogP contribution < -0.4 is 0 Å². The Labute approximate surface area is 504 Å². The second-order valence-corrected chi connectivity index (χ2v) is 24.1. The van der Waals surface area contributed by atoms with Crippen LogP contribution in [0.4, 0.5) is 0 Å². The topological polar surface area (TPSA) is 78.9 Å². The molecule has 81 heavy (non-hydrogen) atoms. The molecule has 6 heteroatoms. The average Bonchev–Trinajstić information content (AvgIpc) is 3.47. The van der Waals surface area contributed by atoms with E-state index in [0.717, 1.165) is 70.6 Å². The minimum atomic E-state index is -0.779. The van der Waals surface area contributed by atoms with Gasteiger partial charge < -0.3 is 14.2 Å². The van der Waals surface area contributed by atoms with E-state index in [9.17, 15) is 14.4 Å². The Bertz CT molecular complexity index is 1440. The summed E-state index contributed by atoms with van der Waals surface area (Å²) in [5.41, 5.74) is 0. The minimum Gasteiger partial charge on any atom is -0.462 e. The summed E-state index contributed by atoms with van der Waals surface area (Å²) in [4.78, 5) is 38.5. The Hall–Kier alpha value is -2.89. The Morgan fingerprint density at radius 3 is 0.716 bits per heavy atom. The second kappa shape index (κ2) is 69.6. The third kappa shape index (κ3) is 67.8. The van der Waals surface area contributed by atoms with Crippen LogP contribution in [0.15, 0.2) is 60.8 Å². The van der Waals surface area contributed by atoms with Crippen LogP contribution in [-0.4, -0.2) is 37.2 Å². The summed E-state index contributed by atoms with van der Waals surface area (Å²) in [6.07, 6.45) is 89.6. The normalized spacial score (nSPS) is 12.4. The lowest BCUT2D eigenvalue weighted by atomic mass is 10.0. The van der Waals surface area contributed by atoms with Crippen LogP contribution in [0.25, 0.3) is 0 Å². The smallest absolute Gasteiger partial charge is 0.306 e. The lowest BCUT2D eigenvalue weighted by Gasteiger charge is -2.18. The first kappa shape index (κ1) is 78.1. The highest BCUT2D eigenvalue weighted by Crippen LogP contribution is 2.18. The molecule has 0 fully saturated rings. The maximum Gasteiger partial charge on any atom is 0.306 e. The van der Waals surface area contributed by atoms with Gasteiger partial charge in [-0.2, -0.15) is 0 Å². The van der Waals surface area contributed by atoms with Crippen LogP contribution in [0.1, 0.15) is 380 Å². The minimum absolute atomic E-state index is 0.0742. The molecule has 1 unspecified atom stereocenters. The molecule has 0 saturated heterocycles. The third-order valence-corrected chi connectivity index (χ3v) is 16.0. The summed E-state index contributed by atoms with van der Waals surface area (Å²) in [5.74, 6) is -0.859. The Kier molecular flexibility index (Phi) is 67.1. The molecule has 0 aromatic heterocycles. The molecule has 0 bridgehead atoms. The molecule has 0 aliphatic rings. The number of esters is 3. The third-order valence-electron chi connectivity index (χ3n) is 16.0. The molecular formula is C75H136O6. The number of hydrogen-bond donors (Lipinski definition) is 0. The molecule has 0 N–H and O–H groups in total. The zero-order valence-corrected chi connectivity index (χ0v) is 54.3. The molecule has 0 heterocycles. The fourth-order valence-corrected chi connectivity index (χ4v) is 10.6. The highest BCUT2D eigenvalue weighted by Gasteiger charge is 2.19. The van der Waals surface area contributed by atoms with Crippen LogP contribution in [0.3, 0.4) is 0 Å². The molecule has 0 amide bonds. The maximum atomic E-state index is 13.0. The van der Waals surface area contributed by atoms with Gasteiger partial charge >= 0.3 is 17.9 Å². The van der Waals surface area contributed by atoms with E-state index in [4.69, 9.17) is 14.2 Å². The van der Waals surface area contributed by atoms with Gasteiger partial charge in [-0.25, -0.2) is 0 Å². The average molecular weight is 1130 g/mol. The van der Waals surface area contributed by atoms with Crippen molar-refractivity contribution in [3.8, 4) is 0 Å². The molecule has 1 atom stereocenters. The van der Waals surface area contributed by atoms with Crippen molar-refractivity contribution >= 4 is 17.9 Å². The molecule has 6 nitrogen and oxygen atoms in total. The van der Waals surface area contributed by atoms with Crippen molar-refractivity contribution in [3.05, 3.63) is 60.8 Å². The summed E-state index contributed by atoms with van der Waals surface area (Å²) < 4.78 is 17.0. The van der Waals surface area contributed by atoms with E-state index in [1.54, 1.807) is 0 Å². The van der Waals surface area contributed by atoms with E-state index in [1.807, 2.05) is 0 Å². The molecule has 0 aliphatic heterocycles. The molecule has 0 spiro atoms. The van der Waals surface area contributed by atoms with E-state index < -0.39 is 6.10 Å². The van der Waals surface area contributed by atoms with E-state index in [2.05, 4.69) is 81.5 Å². The summed E-state index contributed by atoms with van der Waals surface area (Å²) in [7, 11) is 0. The first-order valence-electron chi connectivity index (χ1n) is 35.8. The van der Waals surface area contributed by atoms with Crippen LogP contribution >= 0.6 is 0 Å². The van der Waals surface area contributed by atoms with E-state index >= 15 is 0 Å². The van der Waals surface area contributed by atoms with Gasteiger partial charge in [-0.1, -0.05) is 313 Å². The van der Waals surface area contributed by atoms with Gasteiger partial charge in [-0.3, -0.25) is 14.4 Å². The van der Waals surface area contributed by atoms with Gasteiger partial charge in [0.05, 0.1) is 0 Å². The first-order chi connectivity index (χ1) is 40.0. The van der Waals surface area contributed by atoms with Gasteiger partial charge in [-0.15, -0.1) is 0 Å². The van der Waals surface area contributed by atoms with Crippen LogP contribution in [0, 0.1) is 0 Å². The van der Waals surface area contributed by atoms with Crippen molar-refractivity contribution in [2.45, 2.75) is 386 Å².